The van der Waals surface area contributed by atoms with Crippen molar-refractivity contribution in [3.05, 3.63) is 30.0 Å². The van der Waals surface area contributed by atoms with Crippen LogP contribution in [0.2, 0.25) is 0 Å². The molecule has 0 bridgehead atoms. The number of anilines is 2. The van der Waals surface area contributed by atoms with Crippen molar-refractivity contribution >= 4 is 17.4 Å². The standard InChI is InChI=1S/C14H20N6O2/c1-3-11-6-13(18-10(2)17-11)19-12-7-16-20(8-12)9-14(22)15-4-5-21/h6-8,21H,3-5,9H2,1-2H3,(H,15,22)(H,17,18,19). The molecule has 8 nitrogen and oxygen atoms in total. The maximum atomic E-state index is 11.5. The second-order valence-corrected chi connectivity index (χ2v) is 4.77. The summed E-state index contributed by atoms with van der Waals surface area (Å²) in [6.07, 6.45) is 4.19. The smallest absolute Gasteiger partial charge is 0.241 e. The Balaban J connectivity index is 2.00. The Labute approximate surface area is 128 Å². The van der Waals surface area contributed by atoms with E-state index in [1.807, 2.05) is 19.9 Å². The summed E-state index contributed by atoms with van der Waals surface area (Å²) in [6.45, 7) is 4.15. The molecule has 2 rings (SSSR count). The van der Waals surface area contributed by atoms with E-state index in [1.165, 1.54) is 4.68 Å². The van der Waals surface area contributed by atoms with Crippen LogP contribution in [0.1, 0.15) is 18.4 Å². The lowest BCUT2D eigenvalue weighted by atomic mass is 10.3. The van der Waals surface area contributed by atoms with Gasteiger partial charge in [0, 0.05) is 24.5 Å². The van der Waals surface area contributed by atoms with E-state index in [0.717, 1.165) is 17.8 Å². The first kappa shape index (κ1) is 15.9. The first-order valence-electron chi connectivity index (χ1n) is 7.12. The molecule has 0 atom stereocenters. The van der Waals surface area contributed by atoms with Gasteiger partial charge >= 0.3 is 0 Å². The summed E-state index contributed by atoms with van der Waals surface area (Å²) < 4.78 is 1.52. The first-order valence-corrected chi connectivity index (χ1v) is 7.12. The van der Waals surface area contributed by atoms with Crippen LogP contribution in [0.15, 0.2) is 18.5 Å². The fourth-order valence-corrected chi connectivity index (χ4v) is 1.94. The summed E-state index contributed by atoms with van der Waals surface area (Å²) >= 11 is 0. The zero-order valence-corrected chi connectivity index (χ0v) is 12.7. The van der Waals surface area contributed by atoms with Gasteiger partial charge < -0.3 is 15.7 Å². The van der Waals surface area contributed by atoms with Crippen LogP contribution in [-0.2, 0) is 17.8 Å². The van der Waals surface area contributed by atoms with E-state index in [2.05, 4.69) is 25.7 Å². The van der Waals surface area contributed by atoms with Gasteiger partial charge in [0.15, 0.2) is 0 Å². The number of aliphatic hydroxyl groups is 1. The van der Waals surface area contributed by atoms with Crippen LogP contribution >= 0.6 is 0 Å². The van der Waals surface area contributed by atoms with E-state index in [4.69, 9.17) is 5.11 Å². The Bertz CT molecular complexity index is 640. The molecule has 1 amide bonds. The Morgan fingerprint density at radius 3 is 2.95 bits per heavy atom. The highest BCUT2D eigenvalue weighted by molar-refractivity contribution is 5.75. The van der Waals surface area contributed by atoms with Crippen LogP contribution in [0.25, 0.3) is 0 Å². The van der Waals surface area contributed by atoms with E-state index >= 15 is 0 Å². The fourth-order valence-electron chi connectivity index (χ4n) is 1.94. The van der Waals surface area contributed by atoms with Gasteiger partial charge in [-0.05, 0) is 13.3 Å². The van der Waals surface area contributed by atoms with Crippen molar-refractivity contribution in [1.29, 1.82) is 0 Å². The molecule has 0 aromatic carbocycles. The number of hydrogen-bond donors (Lipinski definition) is 3. The van der Waals surface area contributed by atoms with E-state index in [-0.39, 0.29) is 25.6 Å². The lowest BCUT2D eigenvalue weighted by molar-refractivity contribution is -0.122. The number of aryl methyl sites for hydroxylation is 2. The average Bonchev–Trinajstić information content (AvgIpc) is 2.91. The molecule has 118 valence electrons. The minimum absolute atomic E-state index is 0.0789. The Morgan fingerprint density at radius 2 is 2.23 bits per heavy atom. The summed E-state index contributed by atoms with van der Waals surface area (Å²) in [6, 6.07) is 1.89. The Morgan fingerprint density at radius 1 is 1.41 bits per heavy atom. The molecular formula is C14H20N6O2. The van der Waals surface area contributed by atoms with Crippen LogP contribution in [-0.4, -0.2) is 43.9 Å². The first-order chi connectivity index (χ1) is 10.6. The number of hydrogen-bond acceptors (Lipinski definition) is 6. The fraction of sp³-hybridized carbons (Fsp3) is 0.429. The number of carbonyl (C=O) groups is 1. The van der Waals surface area contributed by atoms with Crippen molar-refractivity contribution in [2.24, 2.45) is 0 Å². The second kappa shape index (κ2) is 7.51. The number of aliphatic hydroxyl groups excluding tert-OH is 1. The lowest BCUT2D eigenvalue weighted by Crippen LogP contribution is -2.30. The molecule has 0 unspecified atom stereocenters. The average molecular weight is 304 g/mol. The SMILES string of the molecule is CCc1cc(Nc2cnn(CC(=O)NCCO)c2)nc(C)n1. The molecule has 2 aromatic heterocycles. The highest BCUT2D eigenvalue weighted by Gasteiger charge is 2.06. The molecule has 2 heterocycles. The van der Waals surface area contributed by atoms with Crippen molar-refractivity contribution in [2.75, 3.05) is 18.5 Å². The van der Waals surface area contributed by atoms with Crippen LogP contribution in [0.5, 0.6) is 0 Å². The highest BCUT2D eigenvalue weighted by atomic mass is 16.3. The number of nitrogens with zero attached hydrogens (tertiary/aromatic N) is 4. The molecule has 0 aliphatic rings. The third-order valence-electron chi connectivity index (χ3n) is 2.90. The predicted octanol–water partition coefficient (Wildman–Crippen LogP) is 0.396. The van der Waals surface area contributed by atoms with E-state index in [0.29, 0.717) is 11.6 Å². The topological polar surface area (TPSA) is 105 Å². The molecule has 0 spiro atoms. The number of rotatable bonds is 7. The summed E-state index contributed by atoms with van der Waals surface area (Å²) in [7, 11) is 0. The van der Waals surface area contributed by atoms with Gasteiger partial charge in [-0.3, -0.25) is 9.48 Å². The normalized spacial score (nSPS) is 10.5. The van der Waals surface area contributed by atoms with E-state index in [1.54, 1.807) is 12.4 Å². The van der Waals surface area contributed by atoms with E-state index < -0.39 is 0 Å². The third kappa shape index (κ3) is 4.52. The van der Waals surface area contributed by atoms with Crippen molar-refractivity contribution in [3.8, 4) is 0 Å². The van der Waals surface area contributed by atoms with Crippen molar-refractivity contribution < 1.29 is 9.90 Å². The van der Waals surface area contributed by atoms with E-state index in [9.17, 15) is 4.79 Å². The van der Waals surface area contributed by atoms with Gasteiger partial charge in [-0.2, -0.15) is 5.10 Å². The zero-order chi connectivity index (χ0) is 15.9. The van der Waals surface area contributed by atoms with Gasteiger partial charge in [0.25, 0.3) is 0 Å². The molecule has 0 aliphatic carbocycles. The van der Waals surface area contributed by atoms with Crippen LogP contribution < -0.4 is 10.6 Å². The minimum atomic E-state index is -0.199. The van der Waals surface area contributed by atoms with Gasteiger partial charge in [0.1, 0.15) is 18.2 Å². The summed E-state index contributed by atoms with van der Waals surface area (Å²) in [5, 5.41) is 18.5. The molecule has 0 fully saturated rings. The number of aromatic nitrogens is 4. The maximum absolute atomic E-state index is 11.5. The maximum Gasteiger partial charge on any atom is 0.241 e. The molecule has 0 aliphatic heterocycles. The Kier molecular flexibility index (Phi) is 5.42. The lowest BCUT2D eigenvalue weighted by Gasteiger charge is -2.06. The van der Waals surface area contributed by atoms with Gasteiger partial charge in [-0.25, -0.2) is 9.97 Å². The highest BCUT2D eigenvalue weighted by Crippen LogP contribution is 2.14. The quantitative estimate of drug-likeness (QED) is 0.684. The van der Waals surface area contributed by atoms with Crippen molar-refractivity contribution in [2.45, 2.75) is 26.8 Å². The zero-order valence-electron chi connectivity index (χ0n) is 12.7. The van der Waals surface area contributed by atoms with Crippen LogP contribution in [0.4, 0.5) is 11.5 Å². The van der Waals surface area contributed by atoms with Gasteiger partial charge in [-0.15, -0.1) is 0 Å². The van der Waals surface area contributed by atoms with Crippen LogP contribution in [0, 0.1) is 6.92 Å². The molecule has 2 aromatic rings. The molecule has 22 heavy (non-hydrogen) atoms. The molecule has 0 saturated carbocycles. The largest absolute Gasteiger partial charge is 0.395 e. The predicted molar refractivity (Wildman–Crippen MR) is 81.8 cm³/mol. The number of nitrogens with one attached hydrogen (secondary N) is 2. The second-order valence-electron chi connectivity index (χ2n) is 4.77. The number of carbonyl (C=O) groups excluding carboxylic acids is 1. The summed E-state index contributed by atoms with van der Waals surface area (Å²) in [5.74, 6) is 1.21. The van der Waals surface area contributed by atoms with Gasteiger partial charge in [-0.1, -0.05) is 6.92 Å². The van der Waals surface area contributed by atoms with Gasteiger partial charge in [0.2, 0.25) is 5.91 Å². The molecule has 0 saturated heterocycles. The summed E-state index contributed by atoms with van der Waals surface area (Å²) in [5.41, 5.74) is 1.71. The minimum Gasteiger partial charge on any atom is -0.395 e. The van der Waals surface area contributed by atoms with Gasteiger partial charge in [0.05, 0.1) is 18.5 Å². The van der Waals surface area contributed by atoms with Crippen molar-refractivity contribution in [3.63, 3.8) is 0 Å². The summed E-state index contributed by atoms with van der Waals surface area (Å²) in [4.78, 5) is 20.2. The third-order valence-corrected chi connectivity index (χ3v) is 2.90. The molecule has 3 N–H and O–H groups in total. The number of amides is 1. The Hall–Kier alpha value is -2.48. The molecule has 8 heteroatoms. The molecule has 0 radical (unpaired) electrons. The molecular weight excluding hydrogens is 284 g/mol. The van der Waals surface area contributed by atoms with Crippen molar-refractivity contribution in [1.82, 2.24) is 25.1 Å². The monoisotopic (exact) mass is 304 g/mol. The van der Waals surface area contributed by atoms with Crippen LogP contribution in [0.3, 0.4) is 0 Å².